The third-order valence-corrected chi connectivity index (χ3v) is 4.80. The van der Waals surface area contributed by atoms with Gasteiger partial charge in [0.1, 0.15) is 0 Å². The summed E-state index contributed by atoms with van der Waals surface area (Å²) >= 11 is 0. The highest BCUT2D eigenvalue weighted by atomic mass is 16.5. The lowest BCUT2D eigenvalue weighted by Crippen LogP contribution is -2.35. The lowest BCUT2D eigenvalue weighted by atomic mass is 9.94. The summed E-state index contributed by atoms with van der Waals surface area (Å²) in [5.74, 6) is 2.00. The molecule has 5 heteroatoms. The van der Waals surface area contributed by atoms with Gasteiger partial charge < -0.3 is 15.0 Å². The zero-order chi connectivity index (χ0) is 14.5. The Morgan fingerprint density at radius 1 is 1.29 bits per heavy atom. The van der Waals surface area contributed by atoms with Crippen LogP contribution in [0.25, 0.3) is 0 Å². The van der Waals surface area contributed by atoms with E-state index in [1.807, 2.05) is 0 Å². The fraction of sp³-hybridized carbons (Fsp3) is 0.750. The van der Waals surface area contributed by atoms with Crippen LogP contribution in [-0.2, 0) is 0 Å². The van der Waals surface area contributed by atoms with Gasteiger partial charge >= 0.3 is 0 Å². The Labute approximate surface area is 127 Å². The van der Waals surface area contributed by atoms with Crippen LogP contribution >= 0.6 is 0 Å². The van der Waals surface area contributed by atoms with Crippen LogP contribution in [0.3, 0.4) is 0 Å². The van der Waals surface area contributed by atoms with Crippen molar-refractivity contribution in [1.82, 2.24) is 14.9 Å². The Balaban J connectivity index is 1.46. The van der Waals surface area contributed by atoms with E-state index < -0.39 is 0 Å². The minimum absolute atomic E-state index is 0.614. The summed E-state index contributed by atoms with van der Waals surface area (Å²) in [6, 6.07) is 2.61. The Morgan fingerprint density at radius 2 is 2.14 bits per heavy atom. The van der Waals surface area contributed by atoms with Crippen LogP contribution in [0.2, 0.25) is 0 Å². The first-order valence-corrected chi connectivity index (χ1v) is 8.20. The molecule has 3 rings (SSSR count). The number of ether oxygens (including phenoxy) is 1. The zero-order valence-corrected chi connectivity index (χ0v) is 12.9. The normalized spacial score (nSPS) is 24.1. The maximum absolute atomic E-state index is 5.12. The van der Waals surface area contributed by atoms with E-state index in [1.54, 1.807) is 19.4 Å². The van der Waals surface area contributed by atoms with E-state index >= 15 is 0 Å². The van der Waals surface area contributed by atoms with Crippen molar-refractivity contribution < 1.29 is 4.74 Å². The topological polar surface area (TPSA) is 50.3 Å². The second-order valence-electron chi connectivity index (χ2n) is 6.24. The molecule has 1 N–H and O–H groups in total. The second-order valence-corrected chi connectivity index (χ2v) is 6.24. The fourth-order valence-electron chi connectivity index (χ4n) is 3.58. The van der Waals surface area contributed by atoms with Crippen LogP contribution in [0.4, 0.5) is 5.95 Å². The first kappa shape index (κ1) is 14.6. The molecular weight excluding hydrogens is 264 g/mol. The molecule has 1 aliphatic carbocycles. The van der Waals surface area contributed by atoms with E-state index in [0.29, 0.717) is 17.7 Å². The molecule has 0 aromatic carbocycles. The largest absolute Gasteiger partial charge is 0.481 e. The van der Waals surface area contributed by atoms with Crippen LogP contribution in [0.5, 0.6) is 5.88 Å². The van der Waals surface area contributed by atoms with Crippen molar-refractivity contribution in [3.8, 4) is 5.88 Å². The fourth-order valence-corrected chi connectivity index (χ4v) is 3.58. The summed E-state index contributed by atoms with van der Waals surface area (Å²) in [5.41, 5.74) is 0. The van der Waals surface area contributed by atoms with Gasteiger partial charge in [0, 0.05) is 31.4 Å². The summed E-state index contributed by atoms with van der Waals surface area (Å²) in [6.07, 6.45) is 10.1. The van der Waals surface area contributed by atoms with Crippen LogP contribution in [-0.4, -0.2) is 47.7 Å². The molecule has 1 saturated heterocycles. The highest BCUT2D eigenvalue weighted by molar-refractivity contribution is 5.27. The Hall–Kier alpha value is -1.36. The number of aromatic nitrogens is 2. The number of methoxy groups -OCH3 is 1. The number of hydrogen-bond acceptors (Lipinski definition) is 5. The minimum Gasteiger partial charge on any atom is -0.481 e. The van der Waals surface area contributed by atoms with Crippen LogP contribution in [0.1, 0.15) is 38.5 Å². The summed E-state index contributed by atoms with van der Waals surface area (Å²) in [4.78, 5) is 11.3. The van der Waals surface area contributed by atoms with Crippen molar-refractivity contribution in [3.05, 3.63) is 12.3 Å². The van der Waals surface area contributed by atoms with E-state index in [4.69, 9.17) is 4.74 Å². The predicted octanol–water partition coefficient (Wildman–Crippen LogP) is 2.55. The Morgan fingerprint density at radius 3 is 2.95 bits per heavy atom. The number of likely N-dealkylation sites (tertiary alicyclic amines) is 1. The van der Waals surface area contributed by atoms with E-state index in [1.165, 1.54) is 51.6 Å². The van der Waals surface area contributed by atoms with Crippen molar-refractivity contribution in [2.24, 2.45) is 5.92 Å². The molecule has 116 valence electrons. The Bertz CT molecular complexity index is 448. The maximum Gasteiger partial charge on any atom is 0.225 e. The molecule has 1 atom stereocenters. The van der Waals surface area contributed by atoms with Gasteiger partial charge in [0.15, 0.2) is 0 Å². The van der Waals surface area contributed by atoms with Gasteiger partial charge in [-0.25, -0.2) is 4.98 Å². The molecule has 0 bridgehead atoms. The van der Waals surface area contributed by atoms with E-state index in [-0.39, 0.29) is 0 Å². The van der Waals surface area contributed by atoms with Gasteiger partial charge in [-0.2, -0.15) is 4.98 Å². The molecule has 0 radical (unpaired) electrons. The molecular formula is C16H26N4O. The number of hydrogen-bond donors (Lipinski definition) is 1. The minimum atomic E-state index is 0.614. The van der Waals surface area contributed by atoms with Crippen molar-refractivity contribution >= 4 is 5.95 Å². The summed E-state index contributed by atoms with van der Waals surface area (Å²) < 4.78 is 5.12. The van der Waals surface area contributed by atoms with Crippen molar-refractivity contribution in [1.29, 1.82) is 0 Å². The third kappa shape index (κ3) is 3.84. The molecule has 1 aromatic rings. The van der Waals surface area contributed by atoms with Gasteiger partial charge in [-0.1, -0.05) is 19.3 Å². The third-order valence-electron chi connectivity index (χ3n) is 4.80. The SMILES string of the molecule is COc1ccnc(NCC2CCN(C3CCCCC3)C2)n1. The summed E-state index contributed by atoms with van der Waals surface area (Å²) in [7, 11) is 1.63. The molecule has 21 heavy (non-hydrogen) atoms. The van der Waals surface area contributed by atoms with Crippen LogP contribution in [0.15, 0.2) is 12.3 Å². The lowest BCUT2D eigenvalue weighted by molar-refractivity contribution is 0.186. The average molecular weight is 290 g/mol. The first-order chi connectivity index (χ1) is 10.3. The van der Waals surface area contributed by atoms with Crippen LogP contribution < -0.4 is 10.1 Å². The first-order valence-electron chi connectivity index (χ1n) is 8.20. The summed E-state index contributed by atoms with van der Waals surface area (Å²) in [6.45, 7) is 3.44. The monoisotopic (exact) mass is 290 g/mol. The van der Waals surface area contributed by atoms with E-state index in [9.17, 15) is 0 Å². The van der Waals surface area contributed by atoms with Crippen molar-refractivity contribution in [2.45, 2.75) is 44.6 Å². The zero-order valence-electron chi connectivity index (χ0n) is 12.9. The molecule has 5 nitrogen and oxygen atoms in total. The molecule has 2 heterocycles. The highest BCUT2D eigenvalue weighted by Crippen LogP contribution is 2.27. The number of nitrogens with zero attached hydrogens (tertiary/aromatic N) is 3. The van der Waals surface area contributed by atoms with Gasteiger partial charge in [0.2, 0.25) is 11.8 Å². The summed E-state index contributed by atoms with van der Waals surface area (Å²) in [5, 5.41) is 3.36. The van der Waals surface area contributed by atoms with Gasteiger partial charge in [-0.15, -0.1) is 0 Å². The molecule has 1 unspecified atom stereocenters. The van der Waals surface area contributed by atoms with Gasteiger partial charge in [0.05, 0.1) is 7.11 Å². The highest BCUT2D eigenvalue weighted by Gasteiger charge is 2.28. The lowest BCUT2D eigenvalue weighted by Gasteiger charge is -2.31. The quantitative estimate of drug-likeness (QED) is 0.903. The van der Waals surface area contributed by atoms with Crippen molar-refractivity contribution in [3.63, 3.8) is 0 Å². The predicted molar refractivity (Wildman–Crippen MR) is 83.6 cm³/mol. The molecule has 1 saturated carbocycles. The smallest absolute Gasteiger partial charge is 0.225 e. The molecule has 1 aromatic heterocycles. The molecule has 2 fully saturated rings. The van der Waals surface area contributed by atoms with Crippen molar-refractivity contribution in [2.75, 3.05) is 32.1 Å². The standard InChI is InChI=1S/C16H26N4O/c1-21-15-7-9-17-16(19-15)18-11-13-8-10-20(12-13)14-5-3-2-4-6-14/h7,9,13-14H,2-6,8,10-12H2,1H3,(H,17,18,19). The van der Waals surface area contributed by atoms with E-state index in [0.717, 1.165) is 12.6 Å². The number of nitrogens with one attached hydrogen (secondary N) is 1. The second kappa shape index (κ2) is 7.07. The average Bonchev–Trinajstić information content (AvgIpc) is 3.03. The van der Waals surface area contributed by atoms with Gasteiger partial charge in [-0.3, -0.25) is 0 Å². The number of anilines is 1. The number of rotatable bonds is 5. The van der Waals surface area contributed by atoms with Crippen LogP contribution in [0, 0.1) is 5.92 Å². The molecule has 1 aliphatic heterocycles. The Kier molecular flexibility index (Phi) is 4.91. The molecule has 0 spiro atoms. The molecule has 2 aliphatic rings. The van der Waals surface area contributed by atoms with E-state index in [2.05, 4.69) is 20.2 Å². The van der Waals surface area contributed by atoms with Gasteiger partial charge in [-0.05, 0) is 31.7 Å². The molecule has 0 amide bonds. The van der Waals surface area contributed by atoms with Gasteiger partial charge in [0.25, 0.3) is 0 Å². The maximum atomic E-state index is 5.12.